The van der Waals surface area contributed by atoms with E-state index in [1.54, 1.807) is 0 Å². The summed E-state index contributed by atoms with van der Waals surface area (Å²) >= 11 is 6.86. The number of primary amides is 1. The van der Waals surface area contributed by atoms with Gasteiger partial charge in [0.25, 0.3) is 5.91 Å². The molecular formula is C33H39Br2N3O6. The van der Waals surface area contributed by atoms with E-state index in [4.69, 9.17) is 14.3 Å². The molecule has 1 atom stereocenters. The van der Waals surface area contributed by atoms with Crippen molar-refractivity contribution in [3.63, 3.8) is 0 Å². The predicted molar refractivity (Wildman–Crippen MR) is 172 cm³/mol. The molecule has 0 bridgehead atoms. The van der Waals surface area contributed by atoms with E-state index in [0.717, 1.165) is 70.3 Å². The number of fused-ring (bicyclic) bond motifs is 3. The molecule has 3 aliphatic heterocycles. The molecular weight excluding hydrogens is 694 g/mol. The number of carbonyl (C=O) groups excluding carboxylic acids is 4. The zero-order valence-corrected chi connectivity index (χ0v) is 28.2. The van der Waals surface area contributed by atoms with Gasteiger partial charge in [-0.05, 0) is 99.6 Å². The van der Waals surface area contributed by atoms with Crippen molar-refractivity contribution in [2.75, 3.05) is 0 Å². The monoisotopic (exact) mass is 731 g/mol. The Kier molecular flexibility index (Phi) is 9.47. The van der Waals surface area contributed by atoms with E-state index in [-0.39, 0.29) is 29.3 Å². The first-order chi connectivity index (χ1) is 20.9. The number of rotatable bonds is 0. The first-order valence-electron chi connectivity index (χ1n) is 15.2. The lowest BCUT2D eigenvalue weighted by atomic mass is 9.69. The highest BCUT2D eigenvalue weighted by Gasteiger charge is 2.58. The summed E-state index contributed by atoms with van der Waals surface area (Å²) in [5.41, 5.74) is 4.02. The van der Waals surface area contributed by atoms with Crippen LogP contribution in [0.3, 0.4) is 0 Å². The average Bonchev–Trinajstić information content (AvgIpc) is 3.26. The molecule has 2 aromatic rings. The molecule has 2 aliphatic carbocycles. The normalized spacial score (nSPS) is 31.6. The zero-order chi connectivity index (χ0) is 31.7. The van der Waals surface area contributed by atoms with Gasteiger partial charge in [-0.15, -0.1) is 0 Å². The molecule has 3 fully saturated rings. The lowest BCUT2D eigenvalue weighted by Crippen LogP contribution is -2.56. The maximum atomic E-state index is 12.7. The fourth-order valence-corrected chi connectivity index (χ4v) is 7.90. The third-order valence-electron chi connectivity index (χ3n) is 9.68. The van der Waals surface area contributed by atoms with Crippen molar-refractivity contribution < 1.29 is 28.7 Å². The van der Waals surface area contributed by atoms with E-state index < -0.39 is 11.6 Å². The number of amides is 4. The molecule has 1 saturated heterocycles. The summed E-state index contributed by atoms with van der Waals surface area (Å²) in [5, 5.41) is 5.29. The molecule has 3 spiro atoms. The third kappa shape index (κ3) is 6.54. The second kappa shape index (κ2) is 12.8. The average molecular weight is 733 g/mol. The summed E-state index contributed by atoms with van der Waals surface area (Å²) < 4.78 is 14.4. The van der Waals surface area contributed by atoms with Crippen molar-refractivity contribution in [3.8, 4) is 11.5 Å². The van der Waals surface area contributed by atoms with Gasteiger partial charge in [0.2, 0.25) is 6.41 Å². The fourth-order valence-electron chi connectivity index (χ4n) is 7.18. The van der Waals surface area contributed by atoms with Crippen LogP contribution in [0.25, 0.3) is 0 Å². The van der Waals surface area contributed by atoms with Gasteiger partial charge in [-0.3, -0.25) is 19.7 Å². The first-order valence-corrected chi connectivity index (χ1v) is 16.8. The van der Waals surface area contributed by atoms with Crippen LogP contribution in [0.15, 0.2) is 45.3 Å². The molecule has 0 aromatic heterocycles. The fraction of sp³-hybridized carbons (Fsp3) is 0.515. The molecule has 1 unspecified atom stereocenters. The predicted octanol–water partition coefficient (Wildman–Crippen LogP) is 6.68. The van der Waals surface area contributed by atoms with E-state index >= 15 is 0 Å². The molecule has 44 heavy (non-hydrogen) atoms. The van der Waals surface area contributed by atoms with Crippen molar-refractivity contribution in [2.45, 2.75) is 94.8 Å². The van der Waals surface area contributed by atoms with Crippen LogP contribution in [0, 0.1) is 11.8 Å². The van der Waals surface area contributed by atoms with Crippen molar-refractivity contribution in [2.24, 2.45) is 17.6 Å². The van der Waals surface area contributed by atoms with Crippen LogP contribution in [0.1, 0.15) is 94.0 Å². The lowest BCUT2D eigenvalue weighted by molar-refractivity contribution is -0.129. The van der Waals surface area contributed by atoms with Crippen molar-refractivity contribution in [1.82, 2.24) is 10.6 Å². The summed E-state index contributed by atoms with van der Waals surface area (Å²) in [5.74, 6) is 2.87. The number of nitrogens with one attached hydrogen (secondary N) is 2. The minimum atomic E-state index is -1.02. The van der Waals surface area contributed by atoms with Gasteiger partial charge in [0.1, 0.15) is 22.7 Å². The third-order valence-corrected chi connectivity index (χ3v) is 10.7. The van der Waals surface area contributed by atoms with Gasteiger partial charge in [-0.2, -0.15) is 0 Å². The Morgan fingerprint density at radius 3 is 1.93 bits per heavy atom. The maximum Gasteiger partial charge on any atom is 0.322 e. The molecule has 0 radical (unpaired) electrons. The Labute approximate surface area is 274 Å². The van der Waals surface area contributed by atoms with Crippen LogP contribution >= 0.6 is 31.9 Å². The van der Waals surface area contributed by atoms with Gasteiger partial charge in [-0.25, -0.2) is 4.79 Å². The van der Waals surface area contributed by atoms with Crippen molar-refractivity contribution in [3.05, 3.63) is 56.5 Å². The lowest BCUT2D eigenvalue weighted by Gasteiger charge is -2.48. The number of urea groups is 1. The second-order valence-corrected chi connectivity index (χ2v) is 14.8. The topological polar surface area (TPSA) is 137 Å². The van der Waals surface area contributed by atoms with Crippen LogP contribution in [0.5, 0.6) is 11.5 Å². The van der Waals surface area contributed by atoms with Gasteiger partial charge >= 0.3 is 6.03 Å². The largest absolute Gasteiger partial charge is 0.487 e. The number of halogens is 2. The van der Waals surface area contributed by atoms with Crippen LogP contribution in [-0.4, -0.2) is 35.3 Å². The minimum absolute atomic E-state index is 0.218. The molecule has 4 N–H and O–H groups in total. The van der Waals surface area contributed by atoms with Gasteiger partial charge in [0, 0.05) is 20.9 Å². The van der Waals surface area contributed by atoms with Crippen LogP contribution in [-0.2, 0) is 15.1 Å². The molecule has 236 valence electrons. The van der Waals surface area contributed by atoms with Gasteiger partial charge in [0.15, 0.2) is 11.3 Å². The smallest absolute Gasteiger partial charge is 0.322 e. The quantitative estimate of drug-likeness (QED) is 0.204. The van der Waals surface area contributed by atoms with Gasteiger partial charge in [0.05, 0.1) is 12.0 Å². The minimum Gasteiger partial charge on any atom is -0.487 e. The Bertz CT molecular complexity index is 1450. The van der Waals surface area contributed by atoms with Crippen molar-refractivity contribution >= 4 is 56.0 Å². The molecule has 4 amide bonds. The Morgan fingerprint density at radius 1 is 0.841 bits per heavy atom. The van der Waals surface area contributed by atoms with Crippen LogP contribution in [0.2, 0.25) is 0 Å². The van der Waals surface area contributed by atoms with E-state index in [1.807, 2.05) is 36.4 Å². The highest BCUT2D eigenvalue weighted by Crippen LogP contribution is 2.51. The number of hydrogen-bond acceptors (Lipinski definition) is 6. The van der Waals surface area contributed by atoms with E-state index in [1.165, 1.54) is 12.8 Å². The van der Waals surface area contributed by atoms with Crippen LogP contribution < -0.4 is 25.8 Å². The molecule has 11 heteroatoms. The Balaban J connectivity index is 0.000000164. The number of Topliss-reactive ketones (excluding diaryl/α,β-unsaturated/α-hetero) is 1. The number of benzene rings is 2. The Hall–Kier alpha value is -2.92. The highest BCUT2D eigenvalue weighted by atomic mass is 79.9. The second-order valence-electron chi connectivity index (χ2n) is 12.9. The first kappa shape index (κ1) is 32.5. The summed E-state index contributed by atoms with van der Waals surface area (Å²) in [6, 6.07) is 11.0. The van der Waals surface area contributed by atoms with Crippen molar-refractivity contribution in [1.29, 1.82) is 0 Å². The zero-order valence-electron chi connectivity index (χ0n) is 25.0. The van der Waals surface area contributed by atoms with E-state index in [9.17, 15) is 14.4 Å². The summed E-state index contributed by atoms with van der Waals surface area (Å²) in [7, 11) is 0. The molecule has 2 aromatic carbocycles. The van der Waals surface area contributed by atoms with E-state index in [2.05, 4.69) is 62.1 Å². The summed E-state index contributed by atoms with van der Waals surface area (Å²) in [6.45, 7) is 4.53. The molecule has 5 aliphatic rings. The van der Waals surface area contributed by atoms with Gasteiger partial charge in [-0.1, -0.05) is 45.7 Å². The van der Waals surface area contributed by atoms with E-state index in [0.29, 0.717) is 24.5 Å². The highest BCUT2D eigenvalue weighted by molar-refractivity contribution is 9.10. The molecule has 7 rings (SSSR count). The van der Waals surface area contributed by atoms with Crippen LogP contribution in [0.4, 0.5) is 4.79 Å². The number of imide groups is 1. The maximum absolute atomic E-state index is 12.7. The number of ether oxygens (including phenoxy) is 2. The standard InChI is InChI=1S/C17H19BrN2O3.C15H17BrO2.CH3NO/c1-10-4-6-16(7-5-10)9-17(14(21)19-15(22)20-17)12-8-11(18)2-3-13(12)23-16;1-10-4-6-15(7-5-10)9-13(17)12-8-11(16)2-3-14(12)18-15;2-1-3/h2-3,8,10H,4-7,9H2,1H3,(H2,19,20,21,22);2-3,8,10H,4-7,9H2,1H3;1H,(H2,2,3). The number of hydrogen-bond donors (Lipinski definition) is 3. The molecule has 2 saturated carbocycles. The van der Waals surface area contributed by atoms with Gasteiger partial charge < -0.3 is 20.5 Å². The number of carbonyl (C=O) groups is 4. The molecule has 3 heterocycles. The summed E-state index contributed by atoms with van der Waals surface area (Å²) in [6.07, 6.45) is 9.62. The molecule has 9 nitrogen and oxygen atoms in total. The Morgan fingerprint density at radius 2 is 1.36 bits per heavy atom. The number of nitrogens with two attached hydrogens (primary N) is 1. The number of ketones is 1. The SMILES string of the molecule is CC1CCC2(CC1)CC(=O)c1cc(Br)ccc1O2.CC1CCC2(CC1)CC1(NC(=O)NC1=O)c1cc(Br)ccc1O2.NC=O. The summed E-state index contributed by atoms with van der Waals surface area (Å²) in [4.78, 5) is 45.4.